The topological polar surface area (TPSA) is 73.6 Å². The predicted octanol–water partition coefficient (Wildman–Crippen LogP) is 2.40. The van der Waals surface area contributed by atoms with Crippen LogP contribution in [-0.2, 0) is 0 Å². The number of nitrogens with one attached hydrogen (secondary N) is 1. The number of H-pyrrole nitrogens is 1. The van der Waals surface area contributed by atoms with E-state index >= 15 is 0 Å². The van der Waals surface area contributed by atoms with Crippen LogP contribution in [0.5, 0.6) is 5.88 Å². The molecule has 1 aromatic heterocycles. The fourth-order valence-electron chi connectivity index (χ4n) is 2.39. The average molecular weight is 310 g/mol. The summed E-state index contributed by atoms with van der Waals surface area (Å²) in [7, 11) is 0. The first-order valence-corrected chi connectivity index (χ1v) is 7.82. The molecule has 0 aromatic carbocycles. The highest BCUT2D eigenvalue weighted by Crippen LogP contribution is 2.20. The number of piperidine rings is 1. The highest BCUT2D eigenvalue weighted by atomic mass is 32.1. The van der Waals surface area contributed by atoms with Gasteiger partial charge in [-0.05, 0) is 44.8 Å². The number of aromatic amines is 1. The summed E-state index contributed by atoms with van der Waals surface area (Å²) in [4.78, 5) is 14.6. The minimum absolute atomic E-state index is 0.0106. The fourth-order valence-corrected chi connectivity index (χ4v) is 2.75. The Kier molecular flexibility index (Phi) is 5.17. The van der Waals surface area contributed by atoms with Crippen molar-refractivity contribution in [2.24, 2.45) is 5.10 Å². The van der Waals surface area contributed by atoms with Gasteiger partial charge in [0.2, 0.25) is 5.88 Å². The summed E-state index contributed by atoms with van der Waals surface area (Å²) in [6.07, 6.45) is 5.68. The highest BCUT2D eigenvalue weighted by Gasteiger charge is 2.15. The Labute approximate surface area is 129 Å². The Morgan fingerprint density at radius 3 is 2.71 bits per heavy atom. The summed E-state index contributed by atoms with van der Waals surface area (Å²) in [6, 6.07) is 0.0106. The minimum Gasteiger partial charge on any atom is -0.494 e. The normalized spacial score (nSPS) is 17.3. The quantitative estimate of drug-likeness (QED) is 0.661. The van der Waals surface area contributed by atoms with Gasteiger partial charge in [0, 0.05) is 19.1 Å². The lowest BCUT2D eigenvalue weighted by Gasteiger charge is -2.23. The second-order valence-electron chi connectivity index (χ2n) is 5.38. The van der Waals surface area contributed by atoms with Gasteiger partial charge in [0.25, 0.3) is 5.56 Å². The number of aromatic nitrogens is 2. The van der Waals surface area contributed by atoms with Gasteiger partial charge >= 0.3 is 0 Å². The standard InChI is InChI=1S/C14H22N4O2S/c1-3-10(2)18-13(20)11(12(19)16-14(18)21)9-15-17-7-5-4-6-8-17/h9-10,20H,3-8H2,1-2H3,(H,16,19,21)/b15-9+/t10-/m0/s1. The lowest BCUT2D eigenvalue weighted by Crippen LogP contribution is -2.26. The van der Waals surface area contributed by atoms with Crippen LogP contribution in [0, 0.1) is 4.77 Å². The lowest BCUT2D eigenvalue weighted by molar-refractivity contribution is 0.240. The van der Waals surface area contributed by atoms with E-state index in [4.69, 9.17) is 12.2 Å². The van der Waals surface area contributed by atoms with Gasteiger partial charge in [-0.25, -0.2) is 0 Å². The Hall–Kier alpha value is -1.63. The van der Waals surface area contributed by atoms with Gasteiger partial charge in [-0.3, -0.25) is 19.4 Å². The molecule has 0 saturated carbocycles. The van der Waals surface area contributed by atoms with E-state index in [0.717, 1.165) is 32.4 Å². The van der Waals surface area contributed by atoms with Crippen LogP contribution < -0.4 is 5.56 Å². The maximum atomic E-state index is 12.0. The number of hydrogen-bond acceptors (Lipinski definition) is 5. The van der Waals surface area contributed by atoms with Crippen LogP contribution in [-0.4, -0.2) is 39.0 Å². The van der Waals surface area contributed by atoms with E-state index < -0.39 is 5.56 Å². The average Bonchev–Trinajstić information content (AvgIpc) is 2.47. The maximum Gasteiger partial charge on any atom is 0.264 e. The van der Waals surface area contributed by atoms with Gasteiger partial charge in [0.15, 0.2) is 4.77 Å². The van der Waals surface area contributed by atoms with Crippen molar-refractivity contribution in [1.82, 2.24) is 14.6 Å². The number of rotatable bonds is 4. The smallest absolute Gasteiger partial charge is 0.264 e. The van der Waals surface area contributed by atoms with Crippen LogP contribution in [0.25, 0.3) is 0 Å². The first-order valence-electron chi connectivity index (χ1n) is 7.41. The summed E-state index contributed by atoms with van der Waals surface area (Å²) in [5, 5.41) is 16.6. The monoisotopic (exact) mass is 310 g/mol. The molecule has 1 aliphatic rings. The number of aromatic hydroxyl groups is 1. The third-order valence-electron chi connectivity index (χ3n) is 3.87. The molecule has 1 aliphatic heterocycles. The molecule has 0 amide bonds. The van der Waals surface area contributed by atoms with E-state index in [1.807, 2.05) is 18.9 Å². The van der Waals surface area contributed by atoms with Crippen LogP contribution >= 0.6 is 12.2 Å². The SMILES string of the molecule is CC[C@H](C)n1c(O)c(/C=N/N2CCCCC2)c(=O)[nH]c1=S. The molecule has 1 atom stereocenters. The summed E-state index contributed by atoms with van der Waals surface area (Å²) >= 11 is 5.13. The second-order valence-corrected chi connectivity index (χ2v) is 5.77. The van der Waals surface area contributed by atoms with Crippen molar-refractivity contribution in [3.8, 4) is 5.88 Å². The molecule has 0 radical (unpaired) electrons. The van der Waals surface area contributed by atoms with Crippen molar-refractivity contribution >= 4 is 18.4 Å². The van der Waals surface area contributed by atoms with E-state index in [9.17, 15) is 9.90 Å². The van der Waals surface area contributed by atoms with Crippen molar-refractivity contribution in [3.05, 3.63) is 20.7 Å². The third kappa shape index (κ3) is 3.53. The Bertz CT molecular complexity index is 629. The lowest BCUT2D eigenvalue weighted by atomic mass is 10.2. The van der Waals surface area contributed by atoms with Crippen molar-refractivity contribution < 1.29 is 5.11 Å². The van der Waals surface area contributed by atoms with Crippen molar-refractivity contribution in [3.63, 3.8) is 0 Å². The first-order chi connectivity index (χ1) is 10.0. The first kappa shape index (κ1) is 15.8. The van der Waals surface area contributed by atoms with Crippen LogP contribution in [0.15, 0.2) is 9.90 Å². The highest BCUT2D eigenvalue weighted by molar-refractivity contribution is 7.71. The van der Waals surface area contributed by atoms with Gasteiger partial charge < -0.3 is 5.11 Å². The van der Waals surface area contributed by atoms with Crippen molar-refractivity contribution in [2.75, 3.05) is 13.1 Å². The van der Waals surface area contributed by atoms with E-state index in [1.165, 1.54) is 12.6 Å². The molecule has 0 aliphatic carbocycles. The van der Waals surface area contributed by atoms with Gasteiger partial charge in [-0.1, -0.05) is 6.92 Å². The van der Waals surface area contributed by atoms with Crippen LogP contribution in [0.4, 0.5) is 0 Å². The van der Waals surface area contributed by atoms with Crippen LogP contribution in [0.3, 0.4) is 0 Å². The molecule has 0 unspecified atom stereocenters. The minimum atomic E-state index is -0.405. The Morgan fingerprint density at radius 1 is 1.43 bits per heavy atom. The fraction of sp³-hybridized carbons (Fsp3) is 0.643. The molecule has 2 heterocycles. The molecule has 116 valence electrons. The molecular formula is C14H22N4O2S. The molecule has 1 aromatic rings. The zero-order valence-electron chi connectivity index (χ0n) is 12.5. The van der Waals surface area contributed by atoms with E-state index in [-0.39, 0.29) is 22.3 Å². The Morgan fingerprint density at radius 2 is 2.10 bits per heavy atom. The van der Waals surface area contributed by atoms with Gasteiger partial charge in [-0.15, -0.1) is 0 Å². The van der Waals surface area contributed by atoms with Gasteiger partial charge in [-0.2, -0.15) is 5.10 Å². The molecule has 7 heteroatoms. The Balaban J connectivity index is 2.36. The van der Waals surface area contributed by atoms with E-state index in [1.54, 1.807) is 4.57 Å². The van der Waals surface area contributed by atoms with E-state index in [0.29, 0.717) is 0 Å². The van der Waals surface area contributed by atoms with Crippen molar-refractivity contribution in [1.29, 1.82) is 0 Å². The molecule has 2 N–H and O–H groups in total. The second kappa shape index (κ2) is 6.89. The molecule has 6 nitrogen and oxygen atoms in total. The predicted molar refractivity (Wildman–Crippen MR) is 85.6 cm³/mol. The van der Waals surface area contributed by atoms with E-state index in [2.05, 4.69) is 10.1 Å². The van der Waals surface area contributed by atoms with Gasteiger partial charge in [0.05, 0.1) is 6.21 Å². The summed E-state index contributed by atoms with van der Waals surface area (Å²) in [6.45, 7) is 5.72. The van der Waals surface area contributed by atoms with Gasteiger partial charge in [0.1, 0.15) is 5.56 Å². The molecule has 2 rings (SSSR count). The molecule has 0 spiro atoms. The van der Waals surface area contributed by atoms with Crippen molar-refractivity contribution in [2.45, 2.75) is 45.6 Å². The zero-order valence-corrected chi connectivity index (χ0v) is 13.3. The van der Waals surface area contributed by atoms with Crippen LogP contribution in [0.2, 0.25) is 0 Å². The summed E-state index contributed by atoms with van der Waals surface area (Å²) in [5.41, 5.74) is -0.243. The summed E-state index contributed by atoms with van der Waals surface area (Å²) < 4.78 is 1.80. The molecule has 1 fully saturated rings. The maximum absolute atomic E-state index is 12.0. The number of hydrazone groups is 1. The summed E-state index contributed by atoms with van der Waals surface area (Å²) in [5.74, 6) is -0.112. The number of hydrogen-bond donors (Lipinski definition) is 2. The molecule has 0 bridgehead atoms. The van der Waals surface area contributed by atoms with Crippen LogP contribution in [0.1, 0.15) is 51.1 Å². The number of nitrogens with zero attached hydrogens (tertiary/aromatic N) is 3. The molecule has 21 heavy (non-hydrogen) atoms. The molecular weight excluding hydrogens is 288 g/mol. The molecule has 1 saturated heterocycles. The third-order valence-corrected chi connectivity index (χ3v) is 4.17. The zero-order chi connectivity index (χ0) is 15.4. The largest absolute Gasteiger partial charge is 0.494 e.